The number of benzene rings is 1. The van der Waals surface area contributed by atoms with Gasteiger partial charge in [-0.2, -0.15) is 0 Å². The highest BCUT2D eigenvalue weighted by atomic mass is 19.1. The number of hydrogen-bond donors (Lipinski definition) is 1. The topological polar surface area (TPSA) is 32.3 Å². The zero-order valence-corrected chi connectivity index (χ0v) is 10.9. The third kappa shape index (κ3) is 3.98. The van der Waals surface area contributed by atoms with E-state index >= 15 is 0 Å². The highest BCUT2D eigenvalue weighted by molar-refractivity contribution is 5.75. The van der Waals surface area contributed by atoms with Crippen LogP contribution >= 0.6 is 0 Å². The first kappa shape index (κ1) is 14.4. The molecule has 5 heteroatoms. The van der Waals surface area contributed by atoms with Gasteiger partial charge in [-0.15, -0.1) is 0 Å². The number of hydrogen-bond acceptors (Lipinski definition) is 2. The van der Waals surface area contributed by atoms with Crippen LogP contribution in [0, 0.1) is 18.6 Å². The van der Waals surface area contributed by atoms with E-state index in [0.29, 0.717) is 19.4 Å². The number of carbonyl (C=O) groups excluding carboxylic acids is 1. The third-order valence-corrected chi connectivity index (χ3v) is 2.63. The lowest BCUT2D eigenvalue weighted by Gasteiger charge is -2.11. The van der Waals surface area contributed by atoms with Crippen molar-refractivity contribution in [2.45, 2.75) is 19.8 Å². The molecule has 0 aliphatic rings. The molecule has 0 aliphatic carbocycles. The molecule has 3 nitrogen and oxygen atoms in total. The quantitative estimate of drug-likeness (QED) is 0.821. The molecule has 1 amide bonds. The summed E-state index contributed by atoms with van der Waals surface area (Å²) in [5.74, 6) is -0.900. The van der Waals surface area contributed by atoms with Gasteiger partial charge < -0.3 is 10.2 Å². The molecule has 1 N–H and O–H groups in total. The van der Waals surface area contributed by atoms with Gasteiger partial charge in [0.05, 0.1) is 5.69 Å². The molecule has 0 fully saturated rings. The molecule has 0 unspecified atom stereocenters. The van der Waals surface area contributed by atoms with E-state index in [-0.39, 0.29) is 17.2 Å². The molecule has 0 saturated heterocycles. The summed E-state index contributed by atoms with van der Waals surface area (Å²) in [4.78, 5) is 12.8. The summed E-state index contributed by atoms with van der Waals surface area (Å²) in [6, 6.07) is 2.29. The standard InChI is InChI=1S/C13H18F2N2O/c1-9-7-11(15)12(8-10(9)14)16-6-4-5-13(18)17(2)3/h7-8,16H,4-6H2,1-3H3. The first-order valence-electron chi connectivity index (χ1n) is 5.81. The van der Waals surface area contributed by atoms with Crippen LogP contribution in [0.15, 0.2) is 12.1 Å². The van der Waals surface area contributed by atoms with Crippen LogP contribution in [0.5, 0.6) is 0 Å². The minimum Gasteiger partial charge on any atom is -0.383 e. The van der Waals surface area contributed by atoms with Crippen molar-refractivity contribution in [1.82, 2.24) is 4.90 Å². The number of anilines is 1. The van der Waals surface area contributed by atoms with E-state index in [1.165, 1.54) is 11.8 Å². The normalized spacial score (nSPS) is 10.3. The van der Waals surface area contributed by atoms with Gasteiger partial charge in [0.1, 0.15) is 11.6 Å². The number of halogens is 2. The highest BCUT2D eigenvalue weighted by Gasteiger charge is 2.07. The maximum Gasteiger partial charge on any atom is 0.222 e. The Bertz CT molecular complexity index is 433. The van der Waals surface area contributed by atoms with Gasteiger partial charge >= 0.3 is 0 Å². The fraction of sp³-hybridized carbons (Fsp3) is 0.462. The van der Waals surface area contributed by atoms with Gasteiger partial charge in [-0.25, -0.2) is 8.78 Å². The molecule has 0 aromatic heterocycles. The molecule has 0 radical (unpaired) electrons. The van der Waals surface area contributed by atoms with Crippen molar-refractivity contribution in [3.8, 4) is 0 Å². The second-order valence-electron chi connectivity index (χ2n) is 4.40. The zero-order valence-electron chi connectivity index (χ0n) is 10.9. The smallest absolute Gasteiger partial charge is 0.222 e. The van der Waals surface area contributed by atoms with E-state index in [9.17, 15) is 13.6 Å². The summed E-state index contributed by atoms with van der Waals surface area (Å²) in [5, 5.41) is 2.79. The lowest BCUT2D eigenvalue weighted by atomic mass is 10.2. The summed E-state index contributed by atoms with van der Waals surface area (Å²) in [6.07, 6.45) is 0.960. The first-order valence-corrected chi connectivity index (χ1v) is 5.81. The van der Waals surface area contributed by atoms with Crippen molar-refractivity contribution in [2.75, 3.05) is 26.0 Å². The lowest BCUT2D eigenvalue weighted by Crippen LogP contribution is -2.22. The number of rotatable bonds is 5. The molecule has 100 valence electrons. The summed E-state index contributed by atoms with van der Waals surface area (Å²) in [6.45, 7) is 1.94. The Labute approximate surface area is 106 Å². The Balaban J connectivity index is 2.45. The minimum absolute atomic E-state index is 0.0207. The summed E-state index contributed by atoms with van der Waals surface area (Å²) < 4.78 is 26.7. The lowest BCUT2D eigenvalue weighted by molar-refractivity contribution is -0.128. The molecule has 0 spiro atoms. The van der Waals surface area contributed by atoms with Crippen molar-refractivity contribution in [3.05, 3.63) is 29.3 Å². The van der Waals surface area contributed by atoms with Gasteiger partial charge in [-0.1, -0.05) is 0 Å². The van der Waals surface area contributed by atoms with Crippen molar-refractivity contribution in [2.24, 2.45) is 0 Å². The van der Waals surface area contributed by atoms with Crippen LogP contribution in [0.25, 0.3) is 0 Å². The van der Waals surface area contributed by atoms with E-state index in [0.717, 1.165) is 12.1 Å². The van der Waals surface area contributed by atoms with Crippen molar-refractivity contribution >= 4 is 11.6 Å². The molecule has 1 aromatic rings. The molecule has 0 heterocycles. The third-order valence-electron chi connectivity index (χ3n) is 2.63. The Morgan fingerprint density at radius 1 is 1.28 bits per heavy atom. The summed E-state index contributed by atoms with van der Waals surface area (Å²) in [7, 11) is 3.37. The fourth-order valence-corrected chi connectivity index (χ4v) is 1.47. The molecule has 18 heavy (non-hydrogen) atoms. The maximum atomic E-state index is 13.4. The summed E-state index contributed by atoms with van der Waals surface area (Å²) in [5.41, 5.74) is 0.413. The van der Waals surface area contributed by atoms with Gasteiger partial charge in [0, 0.05) is 33.1 Å². The Kier molecular flexibility index (Phi) is 5.07. The molecule has 1 aromatic carbocycles. The van der Waals surface area contributed by atoms with Crippen LogP contribution in [0.3, 0.4) is 0 Å². The number of nitrogens with zero attached hydrogens (tertiary/aromatic N) is 1. The summed E-state index contributed by atoms with van der Waals surface area (Å²) >= 11 is 0. The Morgan fingerprint density at radius 3 is 2.56 bits per heavy atom. The van der Waals surface area contributed by atoms with Crippen LogP contribution in [0.4, 0.5) is 14.5 Å². The van der Waals surface area contributed by atoms with Crippen molar-refractivity contribution in [3.63, 3.8) is 0 Å². The van der Waals surface area contributed by atoms with E-state index in [4.69, 9.17) is 0 Å². The van der Waals surface area contributed by atoms with Crippen LogP contribution in [-0.2, 0) is 4.79 Å². The molecular weight excluding hydrogens is 238 g/mol. The van der Waals surface area contributed by atoms with Gasteiger partial charge in [-0.3, -0.25) is 4.79 Å². The van der Waals surface area contributed by atoms with Crippen molar-refractivity contribution in [1.29, 1.82) is 0 Å². The molecule has 0 atom stereocenters. The second-order valence-corrected chi connectivity index (χ2v) is 4.40. The average Bonchev–Trinajstić information content (AvgIpc) is 2.30. The van der Waals surface area contributed by atoms with Crippen molar-refractivity contribution < 1.29 is 13.6 Å². The molecule has 1 rings (SSSR count). The first-order chi connectivity index (χ1) is 8.41. The van der Waals surface area contributed by atoms with Crippen LogP contribution in [0.1, 0.15) is 18.4 Å². The fourth-order valence-electron chi connectivity index (χ4n) is 1.47. The predicted octanol–water partition coefficient (Wildman–Crippen LogP) is 2.55. The second kappa shape index (κ2) is 6.33. The van der Waals surface area contributed by atoms with E-state index in [1.807, 2.05) is 0 Å². The Hall–Kier alpha value is -1.65. The average molecular weight is 256 g/mol. The SMILES string of the molecule is Cc1cc(F)c(NCCCC(=O)N(C)C)cc1F. The molecule has 0 saturated carbocycles. The van der Waals surface area contributed by atoms with E-state index in [1.54, 1.807) is 14.1 Å². The van der Waals surface area contributed by atoms with Gasteiger partial charge in [0.25, 0.3) is 0 Å². The van der Waals surface area contributed by atoms with Crippen LogP contribution < -0.4 is 5.32 Å². The predicted molar refractivity (Wildman–Crippen MR) is 67.5 cm³/mol. The van der Waals surface area contributed by atoms with Crippen LogP contribution in [0.2, 0.25) is 0 Å². The van der Waals surface area contributed by atoms with Gasteiger partial charge in [0.15, 0.2) is 0 Å². The minimum atomic E-state index is -0.479. The maximum absolute atomic E-state index is 13.4. The van der Waals surface area contributed by atoms with Crippen LogP contribution in [-0.4, -0.2) is 31.4 Å². The number of carbonyl (C=O) groups is 1. The molecule has 0 bridgehead atoms. The monoisotopic (exact) mass is 256 g/mol. The number of aryl methyl sites for hydroxylation is 1. The zero-order chi connectivity index (χ0) is 13.7. The highest BCUT2D eigenvalue weighted by Crippen LogP contribution is 2.18. The number of amides is 1. The van der Waals surface area contributed by atoms with E-state index < -0.39 is 11.6 Å². The molecular formula is C13H18F2N2O. The van der Waals surface area contributed by atoms with E-state index in [2.05, 4.69) is 5.32 Å². The van der Waals surface area contributed by atoms with Gasteiger partial charge in [-0.05, 0) is 25.0 Å². The number of nitrogens with one attached hydrogen (secondary N) is 1. The Morgan fingerprint density at radius 2 is 1.94 bits per heavy atom. The van der Waals surface area contributed by atoms with Gasteiger partial charge in [0.2, 0.25) is 5.91 Å². The molecule has 0 aliphatic heterocycles. The largest absolute Gasteiger partial charge is 0.383 e.